The van der Waals surface area contributed by atoms with Crippen LogP contribution >= 0.6 is 11.3 Å². The third-order valence-corrected chi connectivity index (χ3v) is 5.09. The van der Waals surface area contributed by atoms with Crippen LogP contribution in [0.2, 0.25) is 0 Å². The summed E-state index contributed by atoms with van der Waals surface area (Å²) < 4.78 is 39.7. The quantitative estimate of drug-likeness (QED) is 0.691. The Morgan fingerprint density at radius 1 is 1.15 bits per heavy atom. The van der Waals surface area contributed by atoms with Crippen LogP contribution in [0.3, 0.4) is 0 Å². The van der Waals surface area contributed by atoms with Gasteiger partial charge in [0.15, 0.2) is 5.69 Å². The summed E-state index contributed by atoms with van der Waals surface area (Å²) in [6.07, 6.45) is -2.90. The zero-order chi connectivity index (χ0) is 18.3. The fraction of sp³-hybridized carbons (Fsp3) is 0.467. The van der Waals surface area contributed by atoms with E-state index in [1.165, 1.54) is 6.33 Å². The standard InChI is InChI=1S/C15H16F3N7S/c1-10-6-13(25-14(21-10)19-9-20-25)24-4-2-23(3-5-24)7-12-22-11(8-26-12)15(16,17)18/h6,8-9H,2-5,7H2,1H3. The summed E-state index contributed by atoms with van der Waals surface area (Å²) in [6.45, 7) is 5.31. The molecule has 1 aliphatic rings. The van der Waals surface area contributed by atoms with E-state index in [4.69, 9.17) is 0 Å². The van der Waals surface area contributed by atoms with E-state index in [-0.39, 0.29) is 0 Å². The molecule has 0 atom stereocenters. The molecule has 0 saturated carbocycles. The number of alkyl halides is 3. The molecule has 138 valence electrons. The highest BCUT2D eigenvalue weighted by atomic mass is 32.1. The summed E-state index contributed by atoms with van der Waals surface area (Å²) in [5.41, 5.74) is 0.0577. The minimum Gasteiger partial charge on any atom is -0.354 e. The van der Waals surface area contributed by atoms with E-state index in [2.05, 4.69) is 29.9 Å². The van der Waals surface area contributed by atoms with Crippen LogP contribution in [0.25, 0.3) is 5.78 Å². The maximum atomic E-state index is 12.7. The topological polar surface area (TPSA) is 62.5 Å². The predicted molar refractivity (Wildman–Crippen MR) is 90.1 cm³/mol. The zero-order valence-electron chi connectivity index (χ0n) is 13.9. The highest BCUT2D eigenvalue weighted by Gasteiger charge is 2.34. The van der Waals surface area contributed by atoms with Crippen molar-refractivity contribution in [3.05, 3.63) is 34.2 Å². The second-order valence-electron chi connectivity index (χ2n) is 6.12. The van der Waals surface area contributed by atoms with Gasteiger partial charge in [0.25, 0.3) is 5.78 Å². The molecule has 1 aliphatic heterocycles. The van der Waals surface area contributed by atoms with Crippen molar-refractivity contribution in [2.24, 2.45) is 0 Å². The molecule has 1 fully saturated rings. The van der Waals surface area contributed by atoms with Gasteiger partial charge in [-0.3, -0.25) is 4.90 Å². The predicted octanol–water partition coefficient (Wildman–Crippen LogP) is 2.23. The van der Waals surface area contributed by atoms with E-state index in [0.717, 1.165) is 54.4 Å². The lowest BCUT2D eigenvalue weighted by Gasteiger charge is -2.35. The van der Waals surface area contributed by atoms with Crippen LogP contribution in [0.1, 0.15) is 16.4 Å². The van der Waals surface area contributed by atoms with Gasteiger partial charge in [-0.05, 0) is 6.92 Å². The van der Waals surface area contributed by atoms with E-state index in [1.807, 2.05) is 13.0 Å². The average molecular weight is 383 g/mol. The Labute approximate surface area is 151 Å². The minimum atomic E-state index is -4.38. The number of hydrogen-bond acceptors (Lipinski definition) is 7. The highest BCUT2D eigenvalue weighted by molar-refractivity contribution is 7.09. The van der Waals surface area contributed by atoms with Crippen molar-refractivity contribution in [1.82, 2.24) is 29.5 Å². The molecule has 4 heterocycles. The van der Waals surface area contributed by atoms with Crippen molar-refractivity contribution < 1.29 is 13.2 Å². The van der Waals surface area contributed by atoms with Gasteiger partial charge in [-0.15, -0.1) is 11.3 Å². The van der Waals surface area contributed by atoms with E-state index < -0.39 is 11.9 Å². The molecule has 0 spiro atoms. The number of halogens is 3. The normalized spacial score (nSPS) is 16.5. The lowest BCUT2D eigenvalue weighted by molar-refractivity contribution is -0.140. The van der Waals surface area contributed by atoms with Crippen LogP contribution in [0.4, 0.5) is 19.0 Å². The molecular formula is C15H16F3N7S. The van der Waals surface area contributed by atoms with Gasteiger partial charge in [0.05, 0.1) is 6.54 Å². The minimum absolute atomic E-state index is 0.433. The van der Waals surface area contributed by atoms with Crippen LogP contribution in [-0.2, 0) is 12.7 Å². The molecule has 4 rings (SSSR count). The van der Waals surface area contributed by atoms with Crippen molar-refractivity contribution in [1.29, 1.82) is 0 Å². The molecule has 7 nitrogen and oxygen atoms in total. The number of piperazine rings is 1. The Kier molecular flexibility index (Phi) is 4.27. The van der Waals surface area contributed by atoms with Crippen LogP contribution < -0.4 is 4.90 Å². The fourth-order valence-corrected chi connectivity index (χ4v) is 3.82. The molecule has 11 heteroatoms. The zero-order valence-corrected chi connectivity index (χ0v) is 14.8. The maximum absolute atomic E-state index is 12.7. The van der Waals surface area contributed by atoms with Gasteiger partial charge in [-0.25, -0.2) is 9.97 Å². The van der Waals surface area contributed by atoms with Gasteiger partial charge in [0, 0.05) is 43.3 Å². The van der Waals surface area contributed by atoms with Crippen molar-refractivity contribution in [2.75, 3.05) is 31.1 Å². The number of nitrogens with zero attached hydrogens (tertiary/aromatic N) is 7. The van der Waals surface area contributed by atoms with E-state index in [9.17, 15) is 13.2 Å². The third kappa shape index (κ3) is 3.36. The smallest absolute Gasteiger partial charge is 0.354 e. The monoisotopic (exact) mass is 383 g/mol. The van der Waals surface area contributed by atoms with Gasteiger partial charge in [-0.1, -0.05) is 0 Å². The molecule has 0 bridgehead atoms. The van der Waals surface area contributed by atoms with Crippen LogP contribution in [0.5, 0.6) is 0 Å². The van der Waals surface area contributed by atoms with Crippen LogP contribution in [0.15, 0.2) is 17.8 Å². The van der Waals surface area contributed by atoms with Gasteiger partial charge in [-0.2, -0.15) is 27.8 Å². The summed E-state index contributed by atoms with van der Waals surface area (Å²) in [5, 5.41) is 5.79. The first-order valence-electron chi connectivity index (χ1n) is 8.06. The van der Waals surface area contributed by atoms with Crippen LogP contribution in [0, 0.1) is 6.92 Å². The van der Waals surface area contributed by atoms with E-state index in [1.54, 1.807) is 4.52 Å². The molecule has 0 amide bonds. The Morgan fingerprint density at radius 3 is 2.62 bits per heavy atom. The molecule has 3 aromatic rings. The van der Waals surface area contributed by atoms with Crippen molar-refractivity contribution >= 4 is 22.9 Å². The number of aromatic nitrogens is 5. The second kappa shape index (κ2) is 6.47. The Balaban J connectivity index is 1.42. The Bertz CT molecular complexity index is 911. The van der Waals surface area contributed by atoms with Crippen LogP contribution in [-0.4, -0.2) is 55.6 Å². The molecule has 0 radical (unpaired) electrons. The van der Waals surface area contributed by atoms with Gasteiger partial charge in [0.1, 0.15) is 17.2 Å². The third-order valence-electron chi connectivity index (χ3n) is 4.26. The highest BCUT2D eigenvalue weighted by Crippen LogP contribution is 2.30. The number of fused-ring (bicyclic) bond motifs is 1. The lowest BCUT2D eigenvalue weighted by atomic mass is 10.3. The largest absolute Gasteiger partial charge is 0.434 e. The van der Waals surface area contributed by atoms with Gasteiger partial charge < -0.3 is 4.90 Å². The molecule has 0 aliphatic carbocycles. The van der Waals surface area contributed by atoms with Gasteiger partial charge in [0.2, 0.25) is 0 Å². The van der Waals surface area contributed by atoms with Crippen molar-refractivity contribution in [3.63, 3.8) is 0 Å². The lowest BCUT2D eigenvalue weighted by Crippen LogP contribution is -2.46. The molecular weight excluding hydrogens is 367 g/mol. The summed E-state index contributed by atoms with van der Waals surface area (Å²) >= 11 is 1.06. The summed E-state index contributed by atoms with van der Waals surface area (Å²) in [4.78, 5) is 16.5. The number of anilines is 1. The first-order valence-corrected chi connectivity index (χ1v) is 8.94. The Hall–Kier alpha value is -2.27. The molecule has 0 N–H and O–H groups in total. The molecule has 26 heavy (non-hydrogen) atoms. The van der Waals surface area contributed by atoms with E-state index in [0.29, 0.717) is 17.3 Å². The number of aryl methyl sites for hydroxylation is 1. The number of hydrogen-bond donors (Lipinski definition) is 0. The molecule has 1 saturated heterocycles. The summed E-state index contributed by atoms with van der Waals surface area (Å²) in [6, 6.07) is 1.97. The average Bonchev–Trinajstić information content (AvgIpc) is 3.23. The molecule has 3 aromatic heterocycles. The first-order chi connectivity index (χ1) is 12.4. The Morgan fingerprint density at radius 2 is 1.92 bits per heavy atom. The maximum Gasteiger partial charge on any atom is 0.434 e. The summed E-state index contributed by atoms with van der Waals surface area (Å²) in [7, 11) is 0. The molecule has 0 unspecified atom stereocenters. The van der Waals surface area contributed by atoms with Gasteiger partial charge >= 0.3 is 6.18 Å². The summed E-state index contributed by atoms with van der Waals surface area (Å²) in [5.74, 6) is 1.49. The number of thiazole rings is 1. The van der Waals surface area contributed by atoms with Crippen molar-refractivity contribution in [3.8, 4) is 0 Å². The fourth-order valence-electron chi connectivity index (χ4n) is 2.98. The second-order valence-corrected chi connectivity index (χ2v) is 7.06. The van der Waals surface area contributed by atoms with E-state index >= 15 is 0 Å². The molecule has 0 aromatic carbocycles. The SMILES string of the molecule is Cc1cc(N2CCN(Cc3nc(C(F)(F)F)cs3)CC2)n2ncnc2n1. The number of rotatable bonds is 3. The first kappa shape index (κ1) is 17.2. The van der Waals surface area contributed by atoms with Crippen molar-refractivity contribution in [2.45, 2.75) is 19.6 Å².